The molecule has 0 saturated carbocycles. The Labute approximate surface area is 117 Å². The fourth-order valence-electron chi connectivity index (χ4n) is 1.43. The first-order chi connectivity index (χ1) is 8.56. The Balaban J connectivity index is 0.00000180. The molecule has 0 aliphatic rings. The summed E-state index contributed by atoms with van der Waals surface area (Å²) in [5.74, 6) is 1.19. The Bertz CT molecular complexity index is 550. The van der Waals surface area contributed by atoms with Gasteiger partial charge in [-0.05, 0) is 38.1 Å². The van der Waals surface area contributed by atoms with E-state index in [0.29, 0.717) is 11.5 Å². The number of hydrogen-bond donors (Lipinski definition) is 3. The standard InChI is InChI=1S/C12H15N5O.ClH/c1-7(13)12(18)15-10-5-3-9(4-6-10)11-14-8(2)16-17-11;/h3-7H,13H2,1-2H3,(H,15,18)(H,14,16,17);1H/t7-;/m0./s1. The highest BCUT2D eigenvalue weighted by Crippen LogP contribution is 2.17. The first-order valence-corrected chi connectivity index (χ1v) is 5.62. The maximum atomic E-state index is 11.4. The minimum atomic E-state index is -0.527. The Morgan fingerprint density at radius 1 is 1.37 bits per heavy atom. The summed E-state index contributed by atoms with van der Waals surface area (Å²) < 4.78 is 0. The van der Waals surface area contributed by atoms with Crippen molar-refractivity contribution in [2.24, 2.45) is 5.73 Å². The van der Waals surface area contributed by atoms with Crippen LogP contribution in [-0.4, -0.2) is 27.1 Å². The molecule has 7 heteroatoms. The zero-order valence-electron chi connectivity index (χ0n) is 10.7. The van der Waals surface area contributed by atoms with Gasteiger partial charge in [-0.2, -0.15) is 5.10 Å². The number of H-pyrrole nitrogens is 1. The molecule has 4 N–H and O–H groups in total. The first-order valence-electron chi connectivity index (χ1n) is 5.62. The molecule has 102 valence electrons. The van der Waals surface area contributed by atoms with Gasteiger partial charge in [0.15, 0.2) is 5.82 Å². The highest BCUT2D eigenvalue weighted by Gasteiger charge is 2.08. The van der Waals surface area contributed by atoms with Gasteiger partial charge in [-0.3, -0.25) is 9.89 Å². The molecule has 0 saturated heterocycles. The first kappa shape index (κ1) is 15.1. The van der Waals surface area contributed by atoms with E-state index in [9.17, 15) is 4.79 Å². The number of amides is 1. The molecule has 0 radical (unpaired) electrons. The molecule has 0 spiro atoms. The SMILES string of the molecule is Cc1nc(-c2ccc(NC(=O)[C@H](C)N)cc2)n[nH]1.Cl. The second-order valence-electron chi connectivity index (χ2n) is 4.10. The van der Waals surface area contributed by atoms with Crippen molar-refractivity contribution in [2.45, 2.75) is 19.9 Å². The molecule has 1 atom stereocenters. The van der Waals surface area contributed by atoms with Gasteiger partial charge < -0.3 is 11.1 Å². The fourth-order valence-corrected chi connectivity index (χ4v) is 1.43. The molecule has 1 amide bonds. The summed E-state index contributed by atoms with van der Waals surface area (Å²) in [5, 5.41) is 9.56. The molecule has 0 aliphatic heterocycles. The zero-order valence-corrected chi connectivity index (χ0v) is 11.5. The number of nitrogens with zero attached hydrogens (tertiary/aromatic N) is 2. The molecule has 19 heavy (non-hydrogen) atoms. The quantitative estimate of drug-likeness (QED) is 0.794. The van der Waals surface area contributed by atoms with E-state index in [1.165, 1.54) is 0 Å². The number of aromatic nitrogens is 3. The lowest BCUT2D eigenvalue weighted by Crippen LogP contribution is -2.32. The molecule has 0 aliphatic carbocycles. The molecule has 0 fully saturated rings. The minimum absolute atomic E-state index is 0. The van der Waals surface area contributed by atoms with Crippen molar-refractivity contribution < 1.29 is 4.79 Å². The number of carbonyl (C=O) groups excluding carboxylic acids is 1. The lowest BCUT2D eigenvalue weighted by atomic mass is 10.2. The van der Waals surface area contributed by atoms with Crippen LogP contribution in [0.3, 0.4) is 0 Å². The second kappa shape index (κ2) is 6.31. The van der Waals surface area contributed by atoms with E-state index in [1.807, 2.05) is 19.1 Å². The van der Waals surface area contributed by atoms with Crippen molar-refractivity contribution in [3.8, 4) is 11.4 Å². The number of hydrogen-bond acceptors (Lipinski definition) is 4. The monoisotopic (exact) mass is 281 g/mol. The summed E-state index contributed by atoms with van der Waals surface area (Å²) in [7, 11) is 0. The summed E-state index contributed by atoms with van der Waals surface area (Å²) in [6.45, 7) is 3.48. The molecule has 2 aromatic rings. The normalized spacial score (nSPS) is 11.5. The van der Waals surface area contributed by atoms with Crippen LogP contribution < -0.4 is 11.1 Å². The van der Waals surface area contributed by atoms with Crippen molar-refractivity contribution in [1.82, 2.24) is 15.2 Å². The van der Waals surface area contributed by atoms with Crippen LogP contribution in [0, 0.1) is 6.92 Å². The van der Waals surface area contributed by atoms with Crippen molar-refractivity contribution in [1.29, 1.82) is 0 Å². The molecular formula is C12H16ClN5O. The van der Waals surface area contributed by atoms with Crippen molar-refractivity contribution in [3.05, 3.63) is 30.1 Å². The second-order valence-corrected chi connectivity index (χ2v) is 4.10. The van der Waals surface area contributed by atoms with Gasteiger partial charge >= 0.3 is 0 Å². The Kier molecular flexibility index (Phi) is 5.02. The third-order valence-corrected chi connectivity index (χ3v) is 2.42. The van der Waals surface area contributed by atoms with Crippen LogP contribution >= 0.6 is 12.4 Å². The van der Waals surface area contributed by atoms with Crippen molar-refractivity contribution in [2.75, 3.05) is 5.32 Å². The minimum Gasteiger partial charge on any atom is -0.325 e. The third-order valence-electron chi connectivity index (χ3n) is 2.42. The van der Waals surface area contributed by atoms with Gasteiger partial charge in [0.1, 0.15) is 5.82 Å². The van der Waals surface area contributed by atoms with Gasteiger partial charge in [-0.1, -0.05) is 0 Å². The van der Waals surface area contributed by atoms with Crippen LogP contribution in [0.15, 0.2) is 24.3 Å². The van der Waals surface area contributed by atoms with Crippen LogP contribution in [-0.2, 0) is 4.79 Å². The summed E-state index contributed by atoms with van der Waals surface area (Å²) in [6.07, 6.45) is 0. The smallest absolute Gasteiger partial charge is 0.240 e. The Hall–Kier alpha value is -1.92. The van der Waals surface area contributed by atoms with Crippen molar-refractivity contribution >= 4 is 24.0 Å². The van der Waals surface area contributed by atoms with Gasteiger partial charge in [-0.25, -0.2) is 4.98 Å². The summed E-state index contributed by atoms with van der Waals surface area (Å²) in [5.41, 5.74) is 7.06. The summed E-state index contributed by atoms with van der Waals surface area (Å²) >= 11 is 0. The maximum Gasteiger partial charge on any atom is 0.240 e. The van der Waals surface area contributed by atoms with Gasteiger partial charge in [0.05, 0.1) is 6.04 Å². The zero-order chi connectivity index (χ0) is 13.1. The van der Waals surface area contributed by atoms with E-state index >= 15 is 0 Å². The molecule has 0 unspecified atom stereocenters. The highest BCUT2D eigenvalue weighted by atomic mass is 35.5. The van der Waals surface area contributed by atoms with Gasteiger partial charge in [0, 0.05) is 11.3 Å². The van der Waals surface area contributed by atoms with Crippen LogP contribution in [0.1, 0.15) is 12.7 Å². The molecular weight excluding hydrogens is 266 g/mol. The molecule has 2 rings (SSSR count). The lowest BCUT2D eigenvalue weighted by molar-refractivity contribution is -0.117. The predicted octanol–water partition coefficient (Wildman–Crippen LogP) is 1.49. The average Bonchev–Trinajstić information content (AvgIpc) is 2.76. The van der Waals surface area contributed by atoms with Crippen LogP contribution in [0.5, 0.6) is 0 Å². The number of halogens is 1. The van der Waals surface area contributed by atoms with Gasteiger partial charge in [-0.15, -0.1) is 12.4 Å². The number of carbonyl (C=O) groups is 1. The largest absolute Gasteiger partial charge is 0.325 e. The number of nitrogens with one attached hydrogen (secondary N) is 2. The van der Waals surface area contributed by atoms with E-state index in [0.717, 1.165) is 11.4 Å². The lowest BCUT2D eigenvalue weighted by Gasteiger charge is -2.07. The number of rotatable bonds is 3. The van der Waals surface area contributed by atoms with Crippen molar-refractivity contribution in [3.63, 3.8) is 0 Å². The van der Waals surface area contributed by atoms with Gasteiger partial charge in [0.25, 0.3) is 0 Å². The summed E-state index contributed by atoms with van der Waals surface area (Å²) in [4.78, 5) is 15.6. The van der Waals surface area contributed by atoms with Crippen LogP contribution in [0.2, 0.25) is 0 Å². The third kappa shape index (κ3) is 3.77. The molecule has 1 aromatic heterocycles. The Morgan fingerprint density at radius 3 is 2.47 bits per heavy atom. The molecule has 0 bridgehead atoms. The van der Waals surface area contributed by atoms with E-state index in [-0.39, 0.29) is 18.3 Å². The molecule has 6 nitrogen and oxygen atoms in total. The number of nitrogens with two attached hydrogens (primary N) is 1. The van der Waals surface area contributed by atoms with E-state index < -0.39 is 6.04 Å². The van der Waals surface area contributed by atoms with Crippen LogP contribution in [0.25, 0.3) is 11.4 Å². The molecule has 1 heterocycles. The van der Waals surface area contributed by atoms with Gasteiger partial charge in [0.2, 0.25) is 5.91 Å². The molecule has 1 aromatic carbocycles. The van der Waals surface area contributed by atoms with E-state index in [1.54, 1.807) is 19.1 Å². The number of aryl methyl sites for hydroxylation is 1. The summed E-state index contributed by atoms with van der Waals surface area (Å²) in [6, 6.07) is 6.75. The maximum absolute atomic E-state index is 11.4. The number of benzene rings is 1. The highest BCUT2D eigenvalue weighted by molar-refractivity contribution is 5.94. The Morgan fingerprint density at radius 2 is 2.00 bits per heavy atom. The van der Waals surface area contributed by atoms with Crippen LogP contribution in [0.4, 0.5) is 5.69 Å². The average molecular weight is 282 g/mol. The number of aromatic amines is 1. The van der Waals surface area contributed by atoms with E-state index in [2.05, 4.69) is 20.5 Å². The number of anilines is 1. The topological polar surface area (TPSA) is 96.7 Å². The van der Waals surface area contributed by atoms with E-state index in [4.69, 9.17) is 5.73 Å². The predicted molar refractivity (Wildman–Crippen MR) is 76.1 cm³/mol. The fraction of sp³-hybridized carbons (Fsp3) is 0.250.